The first kappa shape index (κ1) is 26.3. The van der Waals surface area contributed by atoms with Gasteiger partial charge in [-0.05, 0) is 45.9 Å². The second-order valence-corrected chi connectivity index (χ2v) is 10.3. The first-order valence-electron chi connectivity index (χ1n) is 12.6. The fourth-order valence-corrected chi connectivity index (χ4v) is 5.24. The second kappa shape index (κ2) is 10.8. The minimum absolute atomic E-state index is 0.0933. The van der Waals surface area contributed by atoms with Gasteiger partial charge in [0.15, 0.2) is 17.3 Å². The average Bonchev–Trinajstić information content (AvgIpc) is 3.34. The molecule has 0 aliphatic rings. The van der Waals surface area contributed by atoms with E-state index in [4.69, 9.17) is 23.4 Å². The number of esters is 1. The van der Waals surface area contributed by atoms with Gasteiger partial charge in [-0.2, -0.15) is 0 Å². The van der Waals surface area contributed by atoms with Gasteiger partial charge in [0.05, 0.1) is 24.9 Å². The van der Waals surface area contributed by atoms with E-state index in [0.717, 1.165) is 10.1 Å². The number of thiophene rings is 1. The summed E-state index contributed by atoms with van der Waals surface area (Å²) in [6.07, 6.45) is -0.479. The van der Waals surface area contributed by atoms with Gasteiger partial charge in [0.1, 0.15) is 11.0 Å². The maximum absolute atomic E-state index is 14.2. The molecule has 39 heavy (non-hydrogen) atoms. The van der Waals surface area contributed by atoms with Crippen LogP contribution >= 0.6 is 11.3 Å². The van der Waals surface area contributed by atoms with Gasteiger partial charge in [-0.1, -0.05) is 36.4 Å². The fraction of sp³-hybridized carbons (Fsp3) is 0.226. The largest absolute Gasteiger partial charge is 0.490 e. The molecule has 0 N–H and O–H groups in total. The van der Waals surface area contributed by atoms with Crippen molar-refractivity contribution in [2.24, 2.45) is 0 Å². The maximum Gasteiger partial charge on any atom is 0.343 e. The summed E-state index contributed by atoms with van der Waals surface area (Å²) in [5.74, 6) is 0.0212. The highest BCUT2D eigenvalue weighted by Gasteiger charge is 2.29. The molecule has 0 aliphatic heterocycles. The Balaban J connectivity index is 1.84. The maximum atomic E-state index is 14.2. The van der Waals surface area contributed by atoms with Crippen LogP contribution in [0.3, 0.4) is 0 Å². The van der Waals surface area contributed by atoms with Crippen LogP contribution in [0.25, 0.3) is 32.4 Å². The number of carbonyl (C=O) groups is 1. The predicted molar refractivity (Wildman–Crippen MR) is 153 cm³/mol. The number of hydrogen-bond acceptors (Lipinski definition) is 8. The SMILES string of the molecule is COc1c(OC(C)C)cc2oc(-c3csc4ccccc34)c(OC(=O)c3ccccc3)c(=O)c2c1OC(C)C. The predicted octanol–water partition coefficient (Wildman–Crippen LogP) is 7.48. The molecule has 0 spiro atoms. The highest BCUT2D eigenvalue weighted by Crippen LogP contribution is 2.46. The van der Waals surface area contributed by atoms with Crippen LogP contribution in [-0.4, -0.2) is 25.3 Å². The molecule has 0 aliphatic carbocycles. The van der Waals surface area contributed by atoms with Gasteiger partial charge in [-0.15, -0.1) is 11.3 Å². The van der Waals surface area contributed by atoms with Gasteiger partial charge in [-0.25, -0.2) is 4.79 Å². The summed E-state index contributed by atoms with van der Waals surface area (Å²) >= 11 is 1.50. The van der Waals surface area contributed by atoms with E-state index >= 15 is 0 Å². The average molecular weight is 545 g/mol. The number of methoxy groups -OCH3 is 1. The zero-order chi connectivity index (χ0) is 27.7. The lowest BCUT2D eigenvalue weighted by molar-refractivity contribution is 0.0731. The molecule has 0 saturated heterocycles. The minimum atomic E-state index is -0.680. The van der Waals surface area contributed by atoms with Gasteiger partial charge in [0, 0.05) is 27.1 Å². The number of carbonyl (C=O) groups excluding carboxylic acids is 1. The lowest BCUT2D eigenvalue weighted by atomic mass is 10.1. The second-order valence-electron chi connectivity index (χ2n) is 9.43. The molecule has 8 heteroatoms. The molecule has 5 aromatic rings. The van der Waals surface area contributed by atoms with Gasteiger partial charge in [-0.3, -0.25) is 4.79 Å². The van der Waals surface area contributed by atoms with Crippen LogP contribution in [0.1, 0.15) is 38.1 Å². The van der Waals surface area contributed by atoms with E-state index in [0.29, 0.717) is 16.9 Å². The third-order valence-electron chi connectivity index (χ3n) is 5.87. The van der Waals surface area contributed by atoms with Crippen molar-refractivity contribution in [3.8, 4) is 34.3 Å². The Bertz CT molecular complexity index is 1710. The van der Waals surface area contributed by atoms with E-state index in [1.807, 2.05) is 57.3 Å². The van der Waals surface area contributed by atoms with Crippen molar-refractivity contribution < 1.29 is 28.2 Å². The summed E-state index contributed by atoms with van der Waals surface area (Å²) < 4.78 is 31.0. The lowest BCUT2D eigenvalue weighted by Crippen LogP contribution is -2.18. The summed E-state index contributed by atoms with van der Waals surface area (Å²) in [6.45, 7) is 7.45. The van der Waals surface area contributed by atoms with Gasteiger partial charge in [0.2, 0.25) is 16.9 Å². The van der Waals surface area contributed by atoms with Crippen molar-refractivity contribution in [3.05, 3.63) is 81.8 Å². The summed E-state index contributed by atoms with van der Waals surface area (Å²) in [6, 6.07) is 17.9. The Morgan fingerprint density at radius 1 is 0.872 bits per heavy atom. The third kappa shape index (κ3) is 5.07. The molecule has 2 heterocycles. The molecule has 0 atom stereocenters. The summed E-state index contributed by atoms with van der Waals surface area (Å²) in [7, 11) is 1.48. The van der Waals surface area contributed by atoms with Gasteiger partial charge in [0.25, 0.3) is 0 Å². The Morgan fingerprint density at radius 3 is 2.26 bits per heavy atom. The van der Waals surface area contributed by atoms with Gasteiger partial charge >= 0.3 is 5.97 Å². The van der Waals surface area contributed by atoms with Crippen LogP contribution in [-0.2, 0) is 0 Å². The molecule has 7 nitrogen and oxygen atoms in total. The van der Waals surface area contributed by atoms with E-state index in [-0.39, 0.29) is 46.2 Å². The van der Waals surface area contributed by atoms with Crippen molar-refractivity contribution in [1.29, 1.82) is 0 Å². The zero-order valence-corrected chi connectivity index (χ0v) is 23.1. The van der Waals surface area contributed by atoms with Crippen molar-refractivity contribution >= 4 is 38.4 Å². The van der Waals surface area contributed by atoms with E-state index in [9.17, 15) is 9.59 Å². The normalized spacial score (nSPS) is 11.4. The molecule has 0 fully saturated rings. The summed E-state index contributed by atoms with van der Waals surface area (Å²) in [4.78, 5) is 27.4. The van der Waals surface area contributed by atoms with Crippen LogP contribution in [0.15, 0.2) is 75.3 Å². The van der Waals surface area contributed by atoms with E-state index < -0.39 is 11.4 Å². The fourth-order valence-electron chi connectivity index (χ4n) is 4.29. The first-order chi connectivity index (χ1) is 18.8. The smallest absolute Gasteiger partial charge is 0.343 e. The van der Waals surface area contributed by atoms with E-state index in [2.05, 4.69) is 0 Å². The van der Waals surface area contributed by atoms with E-state index in [1.165, 1.54) is 18.4 Å². The number of fused-ring (bicyclic) bond motifs is 2. The Hall–Kier alpha value is -4.30. The van der Waals surface area contributed by atoms with E-state index in [1.54, 1.807) is 36.4 Å². The molecule has 0 saturated carbocycles. The molecule has 0 bridgehead atoms. The number of ether oxygens (including phenoxy) is 4. The van der Waals surface area contributed by atoms with Crippen LogP contribution in [0.4, 0.5) is 0 Å². The highest BCUT2D eigenvalue weighted by molar-refractivity contribution is 7.17. The summed E-state index contributed by atoms with van der Waals surface area (Å²) in [5, 5.41) is 2.85. The van der Waals surface area contributed by atoms with Crippen LogP contribution < -0.4 is 24.4 Å². The van der Waals surface area contributed by atoms with Crippen molar-refractivity contribution in [2.45, 2.75) is 39.9 Å². The molecule has 0 unspecified atom stereocenters. The van der Waals surface area contributed by atoms with Crippen LogP contribution in [0.2, 0.25) is 0 Å². The van der Waals surface area contributed by atoms with Crippen molar-refractivity contribution in [3.63, 3.8) is 0 Å². The van der Waals surface area contributed by atoms with Crippen molar-refractivity contribution in [2.75, 3.05) is 7.11 Å². The molecule has 2 aromatic heterocycles. The van der Waals surface area contributed by atoms with Crippen LogP contribution in [0.5, 0.6) is 23.0 Å². The monoisotopic (exact) mass is 544 g/mol. The lowest BCUT2D eigenvalue weighted by Gasteiger charge is -2.20. The Morgan fingerprint density at radius 2 is 1.56 bits per heavy atom. The molecule has 5 rings (SSSR count). The minimum Gasteiger partial charge on any atom is -0.490 e. The Labute approximate surface area is 229 Å². The Kier molecular flexibility index (Phi) is 7.30. The molecular formula is C31H28O7S. The molecular weight excluding hydrogens is 516 g/mol. The number of rotatable bonds is 8. The number of hydrogen-bond donors (Lipinski definition) is 0. The molecule has 200 valence electrons. The quantitative estimate of drug-likeness (QED) is 0.187. The van der Waals surface area contributed by atoms with Gasteiger partial charge < -0.3 is 23.4 Å². The zero-order valence-electron chi connectivity index (χ0n) is 22.3. The first-order valence-corrected chi connectivity index (χ1v) is 13.4. The standard InChI is InChI=1S/C31H28O7S/c1-17(2)35-23-15-22-25(29(28(23)34-5)36-18(3)4)26(32)30(38-31(33)19-11-7-6-8-12-19)27(37-22)21-16-39-24-14-10-9-13-20(21)24/h6-18H,1-5H3. The van der Waals surface area contributed by atoms with Crippen LogP contribution in [0, 0.1) is 0 Å². The van der Waals surface area contributed by atoms with Crippen molar-refractivity contribution in [1.82, 2.24) is 0 Å². The molecule has 3 aromatic carbocycles. The molecule has 0 radical (unpaired) electrons. The topological polar surface area (TPSA) is 84.2 Å². The molecule has 0 amide bonds. The number of benzene rings is 3. The summed E-state index contributed by atoms with van der Waals surface area (Å²) in [5.41, 5.74) is 0.599. The highest BCUT2D eigenvalue weighted by atomic mass is 32.1. The third-order valence-corrected chi connectivity index (χ3v) is 6.83.